The molecule has 0 radical (unpaired) electrons. The Balaban J connectivity index is 1.70. The number of hydrogen-bond acceptors (Lipinski definition) is 4. The minimum atomic E-state index is 0.115. The molecule has 2 rings (SSSR count). The molecule has 5 nitrogen and oxygen atoms in total. The van der Waals surface area contributed by atoms with E-state index in [1.807, 2.05) is 30.3 Å². The summed E-state index contributed by atoms with van der Waals surface area (Å²) in [4.78, 5) is 20.6. The quantitative estimate of drug-likeness (QED) is 0.817. The molecular weight excluding hydrogens is 264 g/mol. The Kier molecular flexibility index (Phi) is 6.14. The van der Waals surface area contributed by atoms with Crippen molar-refractivity contribution in [3.05, 3.63) is 30.1 Å². The van der Waals surface area contributed by atoms with E-state index >= 15 is 0 Å². The van der Waals surface area contributed by atoms with Gasteiger partial charge in [0.15, 0.2) is 0 Å². The van der Waals surface area contributed by atoms with Crippen LogP contribution in [0.25, 0.3) is 0 Å². The minimum absolute atomic E-state index is 0.115. The summed E-state index contributed by atoms with van der Waals surface area (Å²) in [5.74, 6) is 0.115. The van der Waals surface area contributed by atoms with Crippen LogP contribution in [0.2, 0.25) is 0 Å². The molecule has 0 spiro atoms. The summed E-state index contributed by atoms with van der Waals surface area (Å²) in [6.45, 7) is 6.59. The van der Waals surface area contributed by atoms with Gasteiger partial charge in [-0.3, -0.25) is 14.7 Å². The summed E-state index contributed by atoms with van der Waals surface area (Å²) in [7, 11) is 1.96. The van der Waals surface area contributed by atoms with E-state index in [2.05, 4.69) is 22.1 Å². The Hall–Kier alpha value is -1.46. The van der Waals surface area contributed by atoms with Gasteiger partial charge in [-0.05, 0) is 38.1 Å². The van der Waals surface area contributed by atoms with Crippen LogP contribution in [0.5, 0.6) is 0 Å². The van der Waals surface area contributed by atoms with Crippen LogP contribution in [0.15, 0.2) is 24.5 Å². The fraction of sp³-hybridized carbons (Fsp3) is 0.625. The van der Waals surface area contributed by atoms with Gasteiger partial charge in [-0.1, -0.05) is 13.0 Å². The second-order valence-electron chi connectivity index (χ2n) is 5.89. The van der Waals surface area contributed by atoms with Crippen LogP contribution in [0.3, 0.4) is 0 Å². The monoisotopic (exact) mass is 290 g/mol. The average Bonchev–Trinajstić information content (AvgIpc) is 2.87. The lowest BCUT2D eigenvalue weighted by atomic mass is 10.2. The highest BCUT2D eigenvalue weighted by Gasteiger charge is 2.23. The van der Waals surface area contributed by atoms with Gasteiger partial charge in [0, 0.05) is 38.1 Å². The summed E-state index contributed by atoms with van der Waals surface area (Å²) in [5, 5.41) is 3.15. The molecule has 21 heavy (non-hydrogen) atoms. The molecule has 1 aromatic heterocycles. The Labute approximate surface area is 127 Å². The molecule has 0 aliphatic carbocycles. The molecule has 0 saturated carbocycles. The maximum absolute atomic E-state index is 12.1. The summed E-state index contributed by atoms with van der Waals surface area (Å²) in [6, 6.07) is 4.27. The standard InChI is InChI=1S/C16H26N4O/c1-3-8-20-9-6-15(12-20)18-16(21)13-19(2)11-14-5-4-7-17-10-14/h4-5,7,10,15H,3,6,8-9,11-13H2,1-2H3,(H,18,21). The highest BCUT2D eigenvalue weighted by atomic mass is 16.2. The van der Waals surface area contributed by atoms with E-state index < -0.39 is 0 Å². The maximum atomic E-state index is 12.1. The zero-order valence-corrected chi connectivity index (χ0v) is 13.1. The molecule has 0 bridgehead atoms. The first-order valence-electron chi connectivity index (χ1n) is 7.76. The molecule has 0 aromatic carbocycles. The summed E-state index contributed by atoms with van der Waals surface area (Å²) in [5.41, 5.74) is 1.13. The summed E-state index contributed by atoms with van der Waals surface area (Å²) < 4.78 is 0. The van der Waals surface area contributed by atoms with Crippen molar-refractivity contribution in [1.29, 1.82) is 0 Å². The van der Waals surface area contributed by atoms with Crippen LogP contribution in [-0.2, 0) is 11.3 Å². The number of pyridine rings is 1. The van der Waals surface area contributed by atoms with E-state index in [1.54, 1.807) is 6.20 Å². The zero-order valence-electron chi connectivity index (χ0n) is 13.1. The molecule has 116 valence electrons. The first-order chi connectivity index (χ1) is 10.2. The van der Waals surface area contributed by atoms with Gasteiger partial charge in [-0.25, -0.2) is 0 Å². The SMILES string of the molecule is CCCN1CCC(NC(=O)CN(C)Cc2cccnc2)C1. The molecule has 5 heteroatoms. The van der Waals surface area contributed by atoms with Crippen LogP contribution >= 0.6 is 0 Å². The van der Waals surface area contributed by atoms with E-state index in [9.17, 15) is 4.79 Å². The highest BCUT2D eigenvalue weighted by Crippen LogP contribution is 2.09. The van der Waals surface area contributed by atoms with Crippen molar-refractivity contribution >= 4 is 5.91 Å². The van der Waals surface area contributed by atoms with Gasteiger partial charge < -0.3 is 10.2 Å². The van der Waals surface area contributed by atoms with Crippen LogP contribution in [0.4, 0.5) is 0 Å². The number of rotatable bonds is 7. The fourth-order valence-corrected chi connectivity index (χ4v) is 2.85. The van der Waals surface area contributed by atoms with Crippen molar-refractivity contribution in [3.63, 3.8) is 0 Å². The molecule has 1 N–H and O–H groups in total. The third-order valence-corrected chi connectivity index (χ3v) is 3.77. The van der Waals surface area contributed by atoms with Crippen molar-refractivity contribution in [2.24, 2.45) is 0 Å². The average molecular weight is 290 g/mol. The van der Waals surface area contributed by atoms with Crippen LogP contribution in [-0.4, -0.2) is 60.0 Å². The predicted octanol–water partition coefficient (Wildman–Crippen LogP) is 1.11. The molecule has 1 fully saturated rings. The lowest BCUT2D eigenvalue weighted by Crippen LogP contribution is -2.42. The first kappa shape index (κ1) is 15.9. The number of hydrogen-bond donors (Lipinski definition) is 1. The highest BCUT2D eigenvalue weighted by molar-refractivity contribution is 5.78. The van der Waals surface area contributed by atoms with Crippen molar-refractivity contribution in [3.8, 4) is 0 Å². The molecule has 1 aromatic rings. The summed E-state index contributed by atoms with van der Waals surface area (Å²) in [6.07, 6.45) is 5.85. The van der Waals surface area contributed by atoms with Crippen LogP contribution in [0, 0.1) is 0 Å². The molecule has 1 unspecified atom stereocenters. The second-order valence-corrected chi connectivity index (χ2v) is 5.89. The fourth-order valence-electron chi connectivity index (χ4n) is 2.85. The number of likely N-dealkylation sites (N-methyl/N-ethyl adjacent to an activating group) is 1. The Morgan fingerprint density at radius 3 is 3.14 bits per heavy atom. The van der Waals surface area contributed by atoms with Crippen LogP contribution in [0.1, 0.15) is 25.3 Å². The molecule has 1 amide bonds. The van der Waals surface area contributed by atoms with Gasteiger partial charge in [0.25, 0.3) is 0 Å². The zero-order chi connectivity index (χ0) is 15.1. The van der Waals surface area contributed by atoms with E-state index in [1.165, 1.54) is 6.42 Å². The third-order valence-electron chi connectivity index (χ3n) is 3.77. The smallest absolute Gasteiger partial charge is 0.234 e. The summed E-state index contributed by atoms with van der Waals surface area (Å²) >= 11 is 0. The number of nitrogens with zero attached hydrogens (tertiary/aromatic N) is 3. The van der Waals surface area contributed by atoms with E-state index in [0.717, 1.165) is 38.2 Å². The van der Waals surface area contributed by atoms with Gasteiger partial charge in [-0.15, -0.1) is 0 Å². The van der Waals surface area contributed by atoms with Gasteiger partial charge >= 0.3 is 0 Å². The molecule has 1 aliphatic rings. The number of aromatic nitrogens is 1. The van der Waals surface area contributed by atoms with Crippen molar-refractivity contribution in [1.82, 2.24) is 20.1 Å². The van der Waals surface area contributed by atoms with Crippen molar-refractivity contribution in [2.75, 3.05) is 33.2 Å². The first-order valence-corrected chi connectivity index (χ1v) is 7.76. The minimum Gasteiger partial charge on any atom is -0.351 e. The topological polar surface area (TPSA) is 48.5 Å². The van der Waals surface area contributed by atoms with Crippen molar-refractivity contribution < 1.29 is 4.79 Å². The number of carbonyl (C=O) groups excluding carboxylic acids is 1. The molecule has 1 aliphatic heterocycles. The van der Waals surface area contributed by atoms with Crippen LogP contribution < -0.4 is 5.32 Å². The van der Waals surface area contributed by atoms with E-state index in [-0.39, 0.29) is 5.91 Å². The Bertz CT molecular complexity index is 437. The largest absolute Gasteiger partial charge is 0.351 e. The predicted molar refractivity (Wildman–Crippen MR) is 83.8 cm³/mol. The molecule has 1 atom stereocenters. The van der Waals surface area contributed by atoms with Gasteiger partial charge in [-0.2, -0.15) is 0 Å². The van der Waals surface area contributed by atoms with Gasteiger partial charge in [0.2, 0.25) is 5.91 Å². The third kappa shape index (κ3) is 5.44. The van der Waals surface area contributed by atoms with E-state index in [4.69, 9.17) is 0 Å². The number of nitrogens with one attached hydrogen (secondary N) is 1. The maximum Gasteiger partial charge on any atom is 0.234 e. The second kappa shape index (κ2) is 8.10. The van der Waals surface area contributed by atoms with Gasteiger partial charge in [0.1, 0.15) is 0 Å². The normalized spacial score (nSPS) is 19.1. The number of likely N-dealkylation sites (tertiary alicyclic amines) is 1. The number of amides is 1. The lowest BCUT2D eigenvalue weighted by molar-refractivity contribution is -0.122. The molecule has 1 saturated heterocycles. The van der Waals surface area contributed by atoms with Gasteiger partial charge in [0.05, 0.1) is 6.54 Å². The lowest BCUT2D eigenvalue weighted by Gasteiger charge is -2.19. The van der Waals surface area contributed by atoms with E-state index in [0.29, 0.717) is 12.6 Å². The number of carbonyl (C=O) groups is 1. The molecular formula is C16H26N4O. The Morgan fingerprint density at radius 2 is 2.43 bits per heavy atom. The molecule has 2 heterocycles. The Morgan fingerprint density at radius 1 is 1.57 bits per heavy atom. The van der Waals surface area contributed by atoms with Crippen molar-refractivity contribution in [2.45, 2.75) is 32.4 Å².